The molecule has 1 fully saturated rings. The van der Waals surface area contributed by atoms with Crippen LogP contribution in [0.4, 0.5) is 0 Å². The summed E-state index contributed by atoms with van der Waals surface area (Å²) in [6, 6.07) is 5.56. The van der Waals surface area contributed by atoms with E-state index in [4.69, 9.17) is 0 Å². The van der Waals surface area contributed by atoms with Crippen LogP contribution in [0.2, 0.25) is 0 Å². The summed E-state index contributed by atoms with van der Waals surface area (Å²) < 4.78 is 0. The minimum Gasteiger partial charge on any atom is -0.306 e. The van der Waals surface area contributed by atoms with E-state index < -0.39 is 0 Å². The first-order chi connectivity index (χ1) is 7.43. The lowest BCUT2D eigenvalue weighted by Gasteiger charge is -2.18. The summed E-state index contributed by atoms with van der Waals surface area (Å²) in [6.45, 7) is 0. The lowest BCUT2D eigenvalue weighted by atomic mass is 10.1. The second kappa shape index (κ2) is 3.93. The van der Waals surface area contributed by atoms with E-state index >= 15 is 0 Å². The lowest BCUT2D eigenvalue weighted by molar-refractivity contribution is 0.432. The molecule has 0 spiro atoms. The van der Waals surface area contributed by atoms with Crippen LogP contribution in [0.25, 0.3) is 0 Å². The molecule has 80 valence electrons. The highest BCUT2D eigenvalue weighted by atomic mass is 15.0. The molecule has 2 nitrogen and oxygen atoms in total. The molecule has 1 heterocycles. The number of hydrogen-bond acceptors (Lipinski definition) is 2. The second-order valence-electron chi connectivity index (χ2n) is 4.79. The third kappa shape index (κ3) is 1.78. The molecule has 1 atom stereocenters. The minimum atomic E-state index is 0.532. The van der Waals surface area contributed by atoms with Crippen LogP contribution < -0.4 is 5.32 Å². The molecule has 1 unspecified atom stereocenters. The van der Waals surface area contributed by atoms with E-state index in [0.717, 1.165) is 6.04 Å². The summed E-state index contributed by atoms with van der Waals surface area (Å²) in [7, 11) is 0. The molecule has 2 aliphatic carbocycles. The maximum absolute atomic E-state index is 4.52. The summed E-state index contributed by atoms with van der Waals surface area (Å²) in [4.78, 5) is 4.52. The van der Waals surface area contributed by atoms with Crippen molar-refractivity contribution in [1.82, 2.24) is 10.3 Å². The van der Waals surface area contributed by atoms with E-state index in [1.54, 1.807) is 0 Å². The van der Waals surface area contributed by atoms with Crippen LogP contribution in [0, 0.1) is 0 Å². The van der Waals surface area contributed by atoms with Gasteiger partial charge in [-0.05, 0) is 37.3 Å². The van der Waals surface area contributed by atoms with Crippen molar-refractivity contribution in [2.45, 2.75) is 50.6 Å². The number of pyridine rings is 1. The third-order valence-corrected chi connectivity index (χ3v) is 3.75. The Kier molecular flexibility index (Phi) is 2.45. The molecule has 2 aliphatic rings. The van der Waals surface area contributed by atoms with Crippen molar-refractivity contribution in [2.75, 3.05) is 0 Å². The summed E-state index contributed by atoms with van der Waals surface area (Å²) in [6.07, 6.45) is 9.89. The Morgan fingerprint density at radius 1 is 1.20 bits per heavy atom. The summed E-state index contributed by atoms with van der Waals surface area (Å²) in [5.74, 6) is 0. The van der Waals surface area contributed by atoms with Crippen LogP contribution in [0.5, 0.6) is 0 Å². The molecule has 1 N–H and O–H groups in total. The second-order valence-corrected chi connectivity index (χ2v) is 4.79. The monoisotopic (exact) mass is 202 g/mol. The van der Waals surface area contributed by atoms with Crippen LogP contribution in [-0.4, -0.2) is 11.0 Å². The Balaban J connectivity index is 1.73. The smallest absolute Gasteiger partial charge is 0.0605 e. The van der Waals surface area contributed by atoms with Gasteiger partial charge in [0.2, 0.25) is 0 Å². The van der Waals surface area contributed by atoms with Crippen LogP contribution in [0.3, 0.4) is 0 Å². The predicted molar refractivity (Wildman–Crippen MR) is 60.7 cm³/mol. The maximum atomic E-state index is 4.52. The molecule has 0 aromatic carbocycles. The maximum Gasteiger partial charge on any atom is 0.0605 e. The molecule has 0 bridgehead atoms. The highest BCUT2D eigenvalue weighted by Gasteiger charge is 2.26. The van der Waals surface area contributed by atoms with Gasteiger partial charge < -0.3 is 5.32 Å². The summed E-state index contributed by atoms with van der Waals surface area (Å²) in [5.41, 5.74) is 2.76. The van der Waals surface area contributed by atoms with Crippen molar-refractivity contribution < 1.29 is 0 Å². The van der Waals surface area contributed by atoms with E-state index in [2.05, 4.69) is 22.4 Å². The van der Waals surface area contributed by atoms with E-state index in [1.165, 1.54) is 49.8 Å². The number of aryl methyl sites for hydroxylation is 1. The van der Waals surface area contributed by atoms with Gasteiger partial charge in [0.15, 0.2) is 0 Å². The first-order valence-corrected chi connectivity index (χ1v) is 6.13. The highest BCUT2D eigenvalue weighted by molar-refractivity contribution is 5.28. The number of fused-ring (bicyclic) bond motifs is 1. The van der Waals surface area contributed by atoms with Crippen LogP contribution in [0.1, 0.15) is 49.4 Å². The molecule has 1 aromatic rings. The normalized spacial score (nSPS) is 25.7. The SMILES string of the molecule is c1cnc2c(c1)CCC2NC1CCCC1. The first-order valence-electron chi connectivity index (χ1n) is 6.13. The average Bonchev–Trinajstić information content (AvgIpc) is 2.89. The lowest BCUT2D eigenvalue weighted by Crippen LogP contribution is -2.29. The quantitative estimate of drug-likeness (QED) is 0.797. The third-order valence-electron chi connectivity index (χ3n) is 3.75. The summed E-state index contributed by atoms with van der Waals surface area (Å²) >= 11 is 0. The van der Waals surface area contributed by atoms with E-state index in [-0.39, 0.29) is 0 Å². The van der Waals surface area contributed by atoms with Gasteiger partial charge in [0.05, 0.1) is 11.7 Å². The van der Waals surface area contributed by atoms with Crippen molar-refractivity contribution in [3.8, 4) is 0 Å². The Bertz CT molecular complexity index is 342. The summed E-state index contributed by atoms with van der Waals surface area (Å²) in [5, 5.41) is 3.77. The molecule has 1 aromatic heterocycles. The van der Waals surface area contributed by atoms with Crippen LogP contribution in [0.15, 0.2) is 18.3 Å². The number of nitrogens with one attached hydrogen (secondary N) is 1. The van der Waals surface area contributed by atoms with Gasteiger partial charge in [0.1, 0.15) is 0 Å². The zero-order valence-electron chi connectivity index (χ0n) is 9.08. The van der Waals surface area contributed by atoms with E-state index in [9.17, 15) is 0 Å². The van der Waals surface area contributed by atoms with Gasteiger partial charge in [-0.3, -0.25) is 4.98 Å². The Hall–Kier alpha value is -0.890. The molecule has 0 saturated heterocycles. The average molecular weight is 202 g/mol. The molecule has 3 rings (SSSR count). The zero-order chi connectivity index (χ0) is 10.1. The van der Waals surface area contributed by atoms with Gasteiger partial charge >= 0.3 is 0 Å². The number of hydrogen-bond donors (Lipinski definition) is 1. The molecule has 1 saturated carbocycles. The van der Waals surface area contributed by atoms with Crippen molar-refractivity contribution in [2.24, 2.45) is 0 Å². The molecular weight excluding hydrogens is 184 g/mol. The van der Waals surface area contributed by atoms with Crippen LogP contribution in [-0.2, 0) is 6.42 Å². The van der Waals surface area contributed by atoms with E-state index in [1.807, 2.05) is 6.20 Å². The zero-order valence-corrected chi connectivity index (χ0v) is 9.08. The fraction of sp³-hybridized carbons (Fsp3) is 0.615. The van der Waals surface area contributed by atoms with Crippen molar-refractivity contribution >= 4 is 0 Å². The number of nitrogens with zero attached hydrogens (tertiary/aromatic N) is 1. The molecule has 2 heteroatoms. The highest BCUT2D eigenvalue weighted by Crippen LogP contribution is 2.31. The van der Waals surface area contributed by atoms with Crippen molar-refractivity contribution in [1.29, 1.82) is 0 Å². The van der Waals surface area contributed by atoms with Gasteiger partial charge in [-0.25, -0.2) is 0 Å². The Labute approximate surface area is 91.1 Å². The molecule has 0 radical (unpaired) electrons. The van der Waals surface area contributed by atoms with Crippen molar-refractivity contribution in [3.05, 3.63) is 29.6 Å². The molecule has 15 heavy (non-hydrogen) atoms. The minimum absolute atomic E-state index is 0.532. The van der Waals surface area contributed by atoms with Gasteiger partial charge in [-0.1, -0.05) is 18.9 Å². The number of aromatic nitrogens is 1. The largest absolute Gasteiger partial charge is 0.306 e. The fourth-order valence-corrected chi connectivity index (χ4v) is 2.95. The van der Waals surface area contributed by atoms with Crippen LogP contribution >= 0.6 is 0 Å². The van der Waals surface area contributed by atoms with E-state index in [0.29, 0.717) is 6.04 Å². The molecule has 0 aliphatic heterocycles. The van der Waals surface area contributed by atoms with Gasteiger partial charge in [0, 0.05) is 12.2 Å². The van der Waals surface area contributed by atoms with Crippen molar-refractivity contribution in [3.63, 3.8) is 0 Å². The predicted octanol–water partition coefficient (Wildman–Crippen LogP) is 2.60. The molecular formula is C13H18N2. The number of rotatable bonds is 2. The van der Waals surface area contributed by atoms with Gasteiger partial charge in [0.25, 0.3) is 0 Å². The van der Waals surface area contributed by atoms with Gasteiger partial charge in [-0.15, -0.1) is 0 Å². The first kappa shape index (κ1) is 9.34. The standard InChI is InChI=1S/C13H18N2/c1-2-6-11(5-1)15-12-8-7-10-4-3-9-14-13(10)12/h3-4,9,11-12,15H,1-2,5-8H2. The topological polar surface area (TPSA) is 24.9 Å². The Morgan fingerprint density at radius 3 is 2.93 bits per heavy atom. The fourth-order valence-electron chi connectivity index (χ4n) is 2.95. The molecule has 0 amide bonds. The van der Waals surface area contributed by atoms with Gasteiger partial charge in [-0.2, -0.15) is 0 Å². The Morgan fingerprint density at radius 2 is 2.07 bits per heavy atom.